The Morgan fingerprint density at radius 2 is 1.39 bits per heavy atom. The van der Waals surface area contributed by atoms with Crippen LogP contribution >= 0.6 is 0 Å². The Hall–Kier alpha value is -3.87. The van der Waals surface area contributed by atoms with Crippen molar-refractivity contribution in [1.29, 1.82) is 0 Å². The Labute approximate surface area is 322 Å². The average molecular weight is 774 g/mol. The number of hydroxylamine groups is 1. The summed E-state index contributed by atoms with van der Waals surface area (Å²) in [5, 5.41) is 4.56. The molecule has 0 saturated carbocycles. The van der Waals surface area contributed by atoms with Crippen LogP contribution in [0.5, 0.6) is 0 Å². The molecule has 54 heavy (non-hydrogen) atoms. The fourth-order valence-electron chi connectivity index (χ4n) is 7.77. The molecular formula is C43H55N3O6S2. The number of rotatable bonds is 14. The van der Waals surface area contributed by atoms with Crippen molar-refractivity contribution in [2.24, 2.45) is 0 Å². The number of unbranched alkanes of at least 4 members (excludes halogenated alkanes) is 1. The minimum Gasteiger partial charge on any atom is -0.748 e. The van der Waals surface area contributed by atoms with E-state index < -0.39 is 36.8 Å². The summed E-state index contributed by atoms with van der Waals surface area (Å²) in [5.74, 6) is -0.562. The van der Waals surface area contributed by atoms with Crippen molar-refractivity contribution in [2.45, 2.75) is 85.0 Å². The van der Waals surface area contributed by atoms with E-state index in [0.717, 1.165) is 49.9 Å². The van der Waals surface area contributed by atoms with Crippen LogP contribution in [0.3, 0.4) is 0 Å². The van der Waals surface area contributed by atoms with Gasteiger partial charge >= 0.3 is 0 Å². The second kappa shape index (κ2) is 16.9. The van der Waals surface area contributed by atoms with E-state index in [1.165, 1.54) is 18.4 Å². The SMILES string of the molecule is CCCC.CCNOS(=O)(=O)CCCN1C(=CC=CC2=[N+](CCCS(=O)(=O)[O-])c3ccc4ccccc4c3C2(C)C)C(C)(C)c2c1ccc1ccccc21. The maximum Gasteiger partial charge on any atom is 0.283 e. The van der Waals surface area contributed by atoms with Gasteiger partial charge in [-0.05, 0) is 65.6 Å². The summed E-state index contributed by atoms with van der Waals surface area (Å²) in [4.78, 5) is 2.22. The first-order valence-electron chi connectivity index (χ1n) is 19.0. The van der Waals surface area contributed by atoms with E-state index in [2.05, 4.69) is 117 Å². The molecule has 6 rings (SSSR count). The number of nitrogens with one attached hydrogen (secondary N) is 1. The molecule has 1 N–H and O–H groups in total. The maximum absolute atomic E-state index is 12.5. The van der Waals surface area contributed by atoms with Crippen molar-refractivity contribution < 1.29 is 30.2 Å². The zero-order chi connectivity index (χ0) is 39.3. The molecule has 2 aliphatic heterocycles. The van der Waals surface area contributed by atoms with Crippen molar-refractivity contribution in [3.63, 3.8) is 0 Å². The van der Waals surface area contributed by atoms with Gasteiger partial charge in [-0.15, -0.1) is 0 Å². The molecule has 4 aromatic carbocycles. The molecule has 0 fully saturated rings. The van der Waals surface area contributed by atoms with Gasteiger partial charge in [0.25, 0.3) is 10.1 Å². The van der Waals surface area contributed by atoms with Gasteiger partial charge in [0.2, 0.25) is 5.69 Å². The van der Waals surface area contributed by atoms with Crippen molar-refractivity contribution in [3.05, 3.63) is 108 Å². The lowest BCUT2D eigenvalue weighted by Gasteiger charge is -2.27. The lowest BCUT2D eigenvalue weighted by molar-refractivity contribution is -0.437. The number of anilines is 1. The van der Waals surface area contributed by atoms with Crippen molar-refractivity contribution in [1.82, 2.24) is 5.48 Å². The molecule has 0 bridgehead atoms. The van der Waals surface area contributed by atoms with Gasteiger partial charge in [0, 0.05) is 59.8 Å². The third-order valence-electron chi connectivity index (χ3n) is 10.4. The van der Waals surface area contributed by atoms with Crippen LogP contribution < -0.4 is 10.4 Å². The standard InChI is InChI=1S/C39H45N3O6S2.C4H10/c1-6-40-48-50(46,47)27-13-25-42-33-23-21-29-15-8-10-17-31(29)37(33)39(4,5)35(42)19-11-18-34-38(2,3)36-30-16-9-7-14-28(30)20-22-32(36)41(34)24-12-26-49(43,44)45;1-3-4-2/h7-11,14-23,40H,6,12-13,24-27H2,1-5H3;3-4H2,1-2H3. The largest absolute Gasteiger partial charge is 0.748 e. The third kappa shape index (κ3) is 8.81. The molecule has 0 saturated heterocycles. The van der Waals surface area contributed by atoms with Gasteiger partial charge in [0.05, 0.1) is 21.3 Å². The van der Waals surface area contributed by atoms with E-state index in [9.17, 15) is 21.4 Å². The molecule has 0 spiro atoms. The molecule has 0 radical (unpaired) electrons. The third-order valence-corrected chi connectivity index (χ3v) is 12.3. The van der Waals surface area contributed by atoms with E-state index in [0.29, 0.717) is 26.1 Å². The molecule has 9 nitrogen and oxygen atoms in total. The van der Waals surface area contributed by atoms with E-state index in [1.54, 1.807) is 6.92 Å². The lowest BCUT2D eigenvalue weighted by Crippen LogP contribution is -2.29. The molecular weight excluding hydrogens is 719 g/mol. The highest BCUT2D eigenvalue weighted by Crippen LogP contribution is 2.51. The van der Waals surface area contributed by atoms with Gasteiger partial charge in [0.15, 0.2) is 5.71 Å². The number of benzene rings is 4. The Morgan fingerprint density at radius 3 is 2.00 bits per heavy atom. The minimum atomic E-state index is -4.35. The highest BCUT2D eigenvalue weighted by atomic mass is 32.2. The second-order valence-corrected chi connectivity index (χ2v) is 18.2. The van der Waals surface area contributed by atoms with Crippen LogP contribution in [0.1, 0.15) is 85.3 Å². The minimum absolute atomic E-state index is 0.130. The van der Waals surface area contributed by atoms with Crippen LogP contribution in [0.15, 0.2) is 96.7 Å². The summed E-state index contributed by atoms with van der Waals surface area (Å²) in [6, 6.07) is 25.0. The fourth-order valence-corrected chi connectivity index (χ4v) is 9.12. The van der Waals surface area contributed by atoms with Gasteiger partial charge < -0.3 is 9.45 Å². The number of hydrogen-bond acceptors (Lipinski definition) is 8. The van der Waals surface area contributed by atoms with Crippen molar-refractivity contribution >= 4 is 58.9 Å². The summed E-state index contributed by atoms with van der Waals surface area (Å²) >= 11 is 0. The van der Waals surface area contributed by atoms with E-state index >= 15 is 0 Å². The first-order valence-corrected chi connectivity index (χ1v) is 22.2. The zero-order valence-electron chi connectivity index (χ0n) is 32.7. The van der Waals surface area contributed by atoms with Crippen LogP contribution in [-0.2, 0) is 35.4 Å². The topological polar surface area (TPSA) is 119 Å². The second-order valence-electron chi connectivity index (χ2n) is 15.0. The summed E-state index contributed by atoms with van der Waals surface area (Å²) in [6.45, 7) is 16.1. The quantitative estimate of drug-likeness (QED) is 0.0769. The van der Waals surface area contributed by atoms with Crippen LogP contribution in [0.4, 0.5) is 11.4 Å². The Kier molecular flexibility index (Phi) is 12.9. The van der Waals surface area contributed by atoms with Gasteiger partial charge in [-0.3, -0.25) is 0 Å². The molecule has 290 valence electrons. The van der Waals surface area contributed by atoms with Crippen LogP contribution in [0.2, 0.25) is 0 Å². The van der Waals surface area contributed by atoms with Gasteiger partial charge in [-0.2, -0.15) is 22.8 Å². The molecule has 2 heterocycles. The molecule has 11 heteroatoms. The molecule has 0 aliphatic carbocycles. The van der Waals surface area contributed by atoms with Crippen LogP contribution in [0.25, 0.3) is 21.5 Å². The number of hydrogen-bond donors (Lipinski definition) is 1. The molecule has 0 atom stereocenters. The van der Waals surface area contributed by atoms with Crippen LogP contribution in [0, 0.1) is 0 Å². The average Bonchev–Trinajstić information content (AvgIpc) is 3.48. The molecule has 0 amide bonds. The summed E-state index contributed by atoms with van der Waals surface area (Å²) < 4.78 is 66.7. The van der Waals surface area contributed by atoms with Gasteiger partial charge in [0.1, 0.15) is 6.54 Å². The number of nitrogens with zero attached hydrogens (tertiary/aromatic N) is 2. The first kappa shape index (κ1) is 41.3. The van der Waals surface area contributed by atoms with Crippen molar-refractivity contribution in [3.8, 4) is 0 Å². The predicted molar refractivity (Wildman–Crippen MR) is 221 cm³/mol. The summed E-state index contributed by atoms with van der Waals surface area (Å²) in [7, 11) is -8.09. The summed E-state index contributed by atoms with van der Waals surface area (Å²) in [6.07, 6.45) is 9.46. The van der Waals surface area contributed by atoms with Crippen molar-refractivity contribution in [2.75, 3.05) is 36.0 Å². The monoisotopic (exact) mass is 773 g/mol. The maximum atomic E-state index is 12.5. The smallest absolute Gasteiger partial charge is 0.283 e. The van der Waals surface area contributed by atoms with Gasteiger partial charge in [-0.1, -0.05) is 108 Å². The molecule has 0 unspecified atom stereocenters. The zero-order valence-corrected chi connectivity index (χ0v) is 34.3. The fraction of sp³-hybridized carbons (Fsp3) is 0.419. The number of allylic oxidation sites excluding steroid dienone is 4. The lowest BCUT2D eigenvalue weighted by atomic mass is 9.79. The normalized spacial score (nSPS) is 17.0. The van der Waals surface area contributed by atoms with E-state index in [-0.39, 0.29) is 12.2 Å². The predicted octanol–water partition coefficient (Wildman–Crippen LogP) is 8.61. The highest BCUT2D eigenvalue weighted by Gasteiger charge is 2.46. The van der Waals surface area contributed by atoms with E-state index in [1.807, 2.05) is 30.3 Å². The first-order chi connectivity index (χ1) is 25.6. The molecule has 4 aromatic rings. The van der Waals surface area contributed by atoms with E-state index in [4.69, 9.17) is 4.28 Å². The molecule has 2 aliphatic rings. The van der Waals surface area contributed by atoms with Gasteiger partial charge in [-0.25, -0.2) is 8.42 Å². The highest BCUT2D eigenvalue weighted by molar-refractivity contribution is 7.86. The molecule has 0 aromatic heterocycles. The summed E-state index contributed by atoms with van der Waals surface area (Å²) in [5.41, 5.74) is 8.07. The van der Waals surface area contributed by atoms with Crippen LogP contribution in [-0.4, -0.2) is 62.8 Å². The number of fused-ring (bicyclic) bond motifs is 6. The Balaban J connectivity index is 0.00000133. The Bertz CT molecular complexity index is 2310. The Morgan fingerprint density at radius 1 is 0.778 bits per heavy atom.